The highest BCUT2D eigenvalue weighted by Gasteiger charge is 2.39. The molecule has 1 N–H and O–H groups in total. The second-order valence-corrected chi connectivity index (χ2v) is 7.71. The van der Waals surface area contributed by atoms with Gasteiger partial charge in [-0.2, -0.15) is 0 Å². The molecule has 2 heterocycles. The Bertz CT molecular complexity index is 1180. The van der Waals surface area contributed by atoms with Crippen LogP contribution in [0.2, 0.25) is 0 Å². The summed E-state index contributed by atoms with van der Waals surface area (Å²) in [4.78, 5) is 32.2. The number of aromatic nitrogens is 1. The number of pyridine rings is 1. The van der Waals surface area contributed by atoms with E-state index in [4.69, 9.17) is 4.74 Å². The number of amides is 2. The molecule has 32 heavy (non-hydrogen) atoms. The van der Waals surface area contributed by atoms with Crippen molar-refractivity contribution < 1.29 is 14.3 Å². The highest BCUT2D eigenvalue weighted by atomic mass is 16.5. The van der Waals surface area contributed by atoms with Crippen molar-refractivity contribution in [2.75, 3.05) is 11.9 Å². The zero-order valence-corrected chi connectivity index (χ0v) is 18.4. The van der Waals surface area contributed by atoms with Crippen molar-refractivity contribution in [3.05, 3.63) is 94.9 Å². The van der Waals surface area contributed by atoms with Gasteiger partial charge in [-0.05, 0) is 67.8 Å². The molecule has 6 nitrogen and oxygen atoms in total. The van der Waals surface area contributed by atoms with Crippen LogP contribution in [0.15, 0.2) is 72.7 Å². The van der Waals surface area contributed by atoms with Crippen LogP contribution in [0.25, 0.3) is 5.57 Å². The quantitative estimate of drug-likeness (QED) is 0.563. The lowest BCUT2D eigenvalue weighted by Gasteiger charge is -2.15. The summed E-state index contributed by atoms with van der Waals surface area (Å²) >= 11 is 0. The maximum Gasteiger partial charge on any atom is 0.278 e. The van der Waals surface area contributed by atoms with Crippen LogP contribution >= 0.6 is 0 Å². The van der Waals surface area contributed by atoms with Crippen LogP contribution in [-0.4, -0.2) is 28.3 Å². The van der Waals surface area contributed by atoms with Gasteiger partial charge in [-0.25, -0.2) is 0 Å². The molecular weight excluding hydrogens is 402 g/mol. The number of nitrogens with one attached hydrogen (secondary N) is 1. The number of hydrogen-bond acceptors (Lipinski definition) is 5. The third-order valence-corrected chi connectivity index (χ3v) is 5.32. The Labute approximate surface area is 187 Å². The molecule has 0 saturated carbocycles. The molecule has 0 fully saturated rings. The Balaban J connectivity index is 1.73. The summed E-state index contributed by atoms with van der Waals surface area (Å²) in [5.41, 5.74) is 4.93. The number of carbonyl (C=O) groups is 2. The summed E-state index contributed by atoms with van der Waals surface area (Å²) in [5, 5.41) is 3.19. The zero-order valence-electron chi connectivity index (χ0n) is 18.4. The molecule has 2 amide bonds. The van der Waals surface area contributed by atoms with E-state index in [1.165, 1.54) is 4.90 Å². The van der Waals surface area contributed by atoms with Gasteiger partial charge in [0.2, 0.25) is 0 Å². The third-order valence-electron chi connectivity index (χ3n) is 5.32. The molecule has 162 valence electrons. The van der Waals surface area contributed by atoms with E-state index in [1.54, 1.807) is 18.5 Å². The average molecular weight is 428 g/mol. The van der Waals surface area contributed by atoms with Gasteiger partial charge in [-0.15, -0.1) is 0 Å². The Hall–Kier alpha value is -3.93. The second kappa shape index (κ2) is 9.06. The summed E-state index contributed by atoms with van der Waals surface area (Å²) in [5.74, 6) is 0.0654. The van der Waals surface area contributed by atoms with E-state index < -0.39 is 0 Å². The van der Waals surface area contributed by atoms with E-state index in [9.17, 15) is 9.59 Å². The first-order valence-electron chi connectivity index (χ1n) is 10.5. The highest BCUT2D eigenvalue weighted by Crippen LogP contribution is 2.33. The number of anilines is 1. The molecule has 1 aromatic heterocycles. The Kier molecular flexibility index (Phi) is 6.03. The molecule has 0 spiro atoms. The fourth-order valence-electron chi connectivity index (χ4n) is 3.80. The second-order valence-electron chi connectivity index (χ2n) is 7.71. The maximum atomic E-state index is 13.5. The van der Waals surface area contributed by atoms with Crippen LogP contribution in [-0.2, 0) is 16.1 Å². The molecule has 4 rings (SSSR count). The molecule has 6 heteroatoms. The third kappa shape index (κ3) is 4.25. The average Bonchev–Trinajstić information content (AvgIpc) is 3.00. The molecule has 0 aliphatic carbocycles. The van der Waals surface area contributed by atoms with Crippen molar-refractivity contribution in [1.29, 1.82) is 0 Å². The van der Waals surface area contributed by atoms with Gasteiger partial charge in [0.15, 0.2) is 0 Å². The van der Waals surface area contributed by atoms with Crippen LogP contribution in [0.4, 0.5) is 5.69 Å². The van der Waals surface area contributed by atoms with Crippen molar-refractivity contribution in [2.45, 2.75) is 27.3 Å². The number of carbonyl (C=O) groups excluding carboxylic acids is 2. The lowest BCUT2D eigenvalue weighted by molar-refractivity contribution is -0.137. The number of nitrogens with zero attached hydrogens (tertiary/aromatic N) is 2. The Morgan fingerprint density at radius 1 is 1.00 bits per heavy atom. The Morgan fingerprint density at radius 3 is 2.44 bits per heavy atom. The molecular formula is C26H25N3O3. The van der Waals surface area contributed by atoms with Crippen LogP contribution < -0.4 is 10.1 Å². The van der Waals surface area contributed by atoms with Gasteiger partial charge in [-0.3, -0.25) is 19.5 Å². The van der Waals surface area contributed by atoms with Crippen LogP contribution in [0, 0.1) is 13.8 Å². The normalized spacial score (nSPS) is 13.7. The number of aryl methyl sites for hydroxylation is 2. The van der Waals surface area contributed by atoms with Gasteiger partial charge in [0, 0.05) is 18.1 Å². The lowest BCUT2D eigenvalue weighted by Crippen LogP contribution is -2.32. The smallest absolute Gasteiger partial charge is 0.278 e. The maximum absolute atomic E-state index is 13.5. The summed E-state index contributed by atoms with van der Waals surface area (Å²) in [6.45, 7) is 6.61. The zero-order chi connectivity index (χ0) is 22.7. The number of imide groups is 1. The van der Waals surface area contributed by atoms with Crippen molar-refractivity contribution in [2.24, 2.45) is 0 Å². The van der Waals surface area contributed by atoms with Crippen LogP contribution in [0.5, 0.6) is 5.75 Å². The predicted molar refractivity (Wildman–Crippen MR) is 124 cm³/mol. The van der Waals surface area contributed by atoms with Crippen molar-refractivity contribution in [3.63, 3.8) is 0 Å². The lowest BCUT2D eigenvalue weighted by atomic mass is 9.97. The van der Waals surface area contributed by atoms with Crippen LogP contribution in [0.3, 0.4) is 0 Å². The molecule has 2 aromatic carbocycles. The SMILES string of the molecule is CCOc1ccc(NC2=C(c3ccc(C)cc3C)C(=O)N(Cc3cccnc3)C2=O)cc1. The summed E-state index contributed by atoms with van der Waals surface area (Å²) in [6, 6.07) is 16.8. The van der Waals surface area contributed by atoms with E-state index in [0.29, 0.717) is 17.9 Å². The van der Waals surface area contributed by atoms with Gasteiger partial charge < -0.3 is 10.1 Å². The monoisotopic (exact) mass is 427 g/mol. The van der Waals surface area contributed by atoms with Gasteiger partial charge in [0.25, 0.3) is 11.8 Å². The number of ether oxygens (including phenoxy) is 1. The predicted octanol–water partition coefficient (Wildman–Crippen LogP) is 4.49. The molecule has 0 unspecified atom stereocenters. The molecule has 3 aromatic rings. The van der Waals surface area contributed by atoms with Gasteiger partial charge >= 0.3 is 0 Å². The van der Waals surface area contributed by atoms with E-state index >= 15 is 0 Å². The molecule has 1 aliphatic rings. The minimum Gasteiger partial charge on any atom is -0.494 e. The van der Waals surface area contributed by atoms with Crippen molar-refractivity contribution in [1.82, 2.24) is 9.88 Å². The number of hydrogen-bond donors (Lipinski definition) is 1. The van der Waals surface area contributed by atoms with Gasteiger partial charge in [0.1, 0.15) is 11.4 Å². The fraction of sp³-hybridized carbons (Fsp3) is 0.192. The fourth-order valence-corrected chi connectivity index (χ4v) is 3.80. The molecule has 0 saturated heterocycles. The van der Waals surface area contributed by atoms with Crippen molar-refractivity contribution >= 4 is 23.1 Å². The first kappa shape index (κ1) is 21.3. The number of rotatable bonds is 7. The largest absolute Gasteiger partial charge is 0.494 e. The highest BCUT2D eigenvalue weighted by molar-refractivity contribution is 6.36. The van der Waals surface area contributed by atoms with E-state index in [-0.39, 0.29) is 24.1 Å². The molecule has 0 bridgehead atoms. The van der Waals surface area contributed by atoms with Crippen LogP contribution in [0.1, 0.15) is 29.2 Å². The minimum atomic E-state index is -0.359. The molecule has 1 aliphatic heterocycles. The minimum absolute atomic E-state index is 0.161. The van der Waals surface area contributed by atoms with E-state index in [2.05, 4.69) is 10.3 Å². The summed E-state index contributed by atoms with van der Waals surface area (Å²) in [7, 11) is 0. The topological polar surface area (TPSA) is 71.5 Å². The standard InChI is InChI=1S/C26H25N3O3/c1-4-32-21-10-8-20(9-11-21)28-24-23(22-12-7-17(2)14-18(22)3)25(30)29(26(24)31)16-19-6-5-13-27-15-19/h5-15,28H,4,16H2,1-3H3. The van der Waals surface area contributed by atoms with E-state index in [1.807, 2.05) is 69.3 Å². The molecule has 0 radical (unpaired) electrons. The summed E-state index contributed by atoms with van der Waals surface area (Å²) < 4.78 is 5.49. The van der Waals surface area contributed by atoms with E-state index in [0.717, 1.165) is 28.0 Å². The van der Waals surface area contributed by atoms with Crippen molar-refractivity contribution in [3.8, 4) is 5.75 Å². The Morgan fingerprint density at radius 2 is 1.78 bits per heavy atom. The summed E-state index contributed by atoms with van der Waals surface area (Å²) in [6.07, 6.45) is 3.32. The first-order valence-corrected chi connectivity index (χ1v) is 10.5. The molecule has 0 atom stereocenters. The van der Waals surface area contributed by atoms with Gasteiger partial charge in [-0.1, -0.05) is 29.8 Å². The number of benzene rings is 2. The van der Waals surface area contributed by atoms with Gasteiger partial charge in [0.05, 0.1) is 18.7 Å². The first-order chi connectivity index (χ1) is 15.5.